The average Bonchev–Trinajstić information content (AvgIpc) is 2.83. The quantitative estimate of drug-likeness (QED) is 0.779. The highest BCUT2D eigenvalue weighted by Gasteiger charge is 2.09. The Balaban J connectivity index is 2.45. The Kier molecular flexibility index (Phi) is 6.02. The standard InChI is InChI=1S/C16H16N2O3S2/c1-4-8-18-13-7-6-12(21-5-2)9-14(13)23-16(18)17-15(20)10-22-11(3)19/h1,6-7,9H,5,8,10H2,2-3H3. The number of rotatable bonds is 5. The molecule has 0 saturated heterocycles. The number of thiazole rings is 1. The van der Waals surface area contributed by atoms with Crippen LogP contribution in [0.4, 0.5) is 0 Å². The minimum absolute atomic E-state index is 0.0316. The van der Waals surface area contributed by atoms with Gasteiger partial charge in [0.05, 0.1) is 29.1 Å². The molecule has 0 spiro atoms. The number of hydrogen-bond acceptors (Lipinski definition) is 5. The van der Waals surface area contributed by atoms with E-state index in [0.717, 1.165) is 27.7 Å². The number of carbonyl (C=O) groups is 2. The Morgan fingerprint density at radius 3 is 2.91 bits per heavy atom. The first kappa shape index (κ1) is 17.3. The summed E-state index contributed by atoms with van der Waals surface area (Å²) in [5.41, 5.74) is 0.905. The van der Waals surface area contributed by atoms with Gasteiger partial charge in [-0.05, 0) is 25.1 Å². The Morgan fingerprint density at radius 1 is 1.48 bits per heavy atom. The molecule has 1 heterocycles. The minimum Gasteiger partial charge on any atom is -0.494 e. The number of amides is 1. The van der Waals surface area contributed by atoms with Gasteiger partial charge in [0.25, 0.3) is 5.91 Å². The van der Waals surface area contributed by atoms with Crippen LogP contribution in [0.1, 0.15) is 13.8 Å². The predicted molar refractivity (Wildman–Crippen MR) is 93.5 cm³/mol. The van der Waals surface area contributed by atoms with Gasteiger partial charge in [-0.15, -0.1) is 6.42 Å². The second kappa shape index (κ2) is 7.99. The number of terminal acetylenes is 1. The molecule has 2 rings (SSSR count). The van der Waals surface area contributed by atoms with Gasteiger partial charge in [0, 0.05) is 6.92 Å². The number of fused-ring (bicyclic) bond motifs is 1. The molecule has 0 radical (unpaired) electrons. The van der Waals surface area contributed by atoms with Gasteiger partial charge in [-0.25, -0.2) is 0 Å². The lowest BCUT2D eigenvalue weighted by molar-refractivity contribution is -0.116. The molecule has 0 fully saturated rings. The fourth-order valence-electron chi connectivity index (χ4n) is 1.94. The van der Waals surface area contributed by atoms with E-state index in [4.69, 9.17) is 11.2 Å². The molecule has 0 aliphatic rings. The van der Waals surface area contributed by atoms with E-state index in [1.54, 1.807) is 0 Å². The Hall–Kier alpha value is -2.04. The van der Waals surface area contributed by atoms with Crippen molar-refractivity contribution in [1.82, 2.24) is 4.57 Å². The first-order chi connectivity index (χ1) is 11.0. The first-order valence-corrected chi connectivity index (χ1v) is 8.76. The highest BCUT2D eigenvalue weighted by atomic mass is 32.2. The maximum Gasteiger partial charge on any atom is 0.258 e. The number of thioether (sulfide) groups is 1. The number of ether oxygens (including phenoxy) is 1. The third-order valence-corrected chi connectivity index (χ3v) is 4.67. The summed E-state index contributed by atoms with van der Waals surface area (Å²) < 4.78 is 8.24. The van der Waals surface area contributed by atoms with Crippen molar-refractivity contribution < 1.29 is 14.3 Å². The number of nitrogens with zero attached hydrogens (tertiary/aromatic N) is 2. The highest BCUT2D eigenvalue weighted by Crippen LogP contribution is 2.23. The second-order valence-corrected chi connectivity index (χ2v) is 6.68. The van der Waals surface area contributed by atoms with Gasteiger partial charge >= 0.3 is 0 Å². The first-order valence-electron chi connectivity index (χ1n) is 6.95. The molecule has 5 nitrogen and oxygen atoms in total. The molecule has 1 aromatic heterocycles. The fraction of sp³-hybridized carbons (Fsp3) is 0.312. The predicted octanol–water partition coefficient (Wildman–Crippen LogP) is 2.44. The van der Waals surface area contributed by atoms with Crippen LogP contribution in [0.2, 0.25) is 0 Å². The van der Waals surface area contributed by atoms with Gasteiger partial charge in [0.2, 0.25) is 0 Å². The zero-order chi connectivity index (χ0) is 16.8. The van der Waals surface area contributed by atoms with Crippen LogP contribution >= 0.6 is 23.1 Å². The average molecular weight is 348 g/mol. The molecule has 1 aromatic carbocycles. The molecule has 0 aliphatic heterocycles. The molecule has 0 saturated carbocycles. The number of aromatic nitrogens is 1. The molecule has 2 aromatic rings. The number of hydrogen-bond donors (Lipinski definition) is 0. The SMILES string of the molecule is C#CCn1c(=NC(=O)CSC(C)=O)sc2cc(OCC)ccc21. The lowest BCUT2D eigenvalue weighted by Crippen LogP contribution is -2.17. The van der Waals surface area contributed by atoms with Crippen molar-refractivity contribution in [2.24, 2.45) is 4.99 Å². The van der Waals surface area contributed by atoms with Crippen molar-refractivity contribution in [2.75, 3.05) is 12.4 Å². The van der Waals surface area contributed by atoms with Crippen molar-refractivity contribution in [3.8, 4) is 18.1 Å². The van der Waals surface area contributed by atoms with Crippen LogP contribution in [-0.4, -0.2) is 27.9 Å². The topological polar surface area (TPSA) is 60.7 Å². The summed E-state index contributed by atoms with van der Waals surface area (Å²) in [6.45, 7) is 4.24. The zero-order valence-electron chi connectivity index (χ0n) is 12.9. The lowest BCUT2D eigenvalue weighted by Gasteiger charge is -2.03. The van der Waals surface area contributed by atoms with E-state index in [0.29, 0.717) is 18.0 Å². The minimum atomic E-state index is -0.354. The van der Waals surface area contributed by atoms with E-state index in [1.807, 2.05) is 29.7 Å². The summed E-state index contributed by atoms with van der Waals surface area (Å²) in [5, 5.41) is -0.109. The van der Waals surface area contributed by atoms with Crippen LogP contribution in [0.25, 0.3) is 10.2 Å². The van der Waals surface area contributed by atoms with Crippen LogP contribution in [0.3, 0.4) is 0 Å². The third-order valence-electron chi connectivity index (χ3n) is 2.83. The Morgan fingerprint density at radius 2 is 2.26 bits per heavy atom. The largest absolute Gasteiger partial charge is 0.494 e. The number of carbonyl (C=O) groups excluding carboxylic acids is 2. The van der Waals surface area contributed by atoms with Crippen molar-refractivity contribution in [2.45, 2.75) is 20.4 Å². The van der Waals surface area contributed by atoms with Crippen LogP contribution in [0, 0.1) is 12.3 Å². The van der Waals surface area contributed by atoms with Crippen LogP contribution < -0.4 is 9.54 Å². The molecule has 0 unspecified atom stereocenters. The van der Waals surface area contributed by atoms with Gasteiger partial charge in [-0.3, -0.25) is 9.59 Å². The van der Waals surface area contributed by atoms with E-state index in [9.17, 15) is 9.59 Å². The van der Waals surface area contributed by atoms with E-state index >= 15 is 0 Å². The van der Waals surface area contributed by atoms with E-state index < -0.39 is 0 Å². The van der Waals surface area contributed by atoms with Crippen LogP contribution in [0.5, 0.6) is 5.75 Å². The van der Waals surface area contributed by atoms with Gasteiger partial charge in [0.1, 0.15) is 5.75 Å². The summed E-state index contributed by atoms with van der Waals surface area (Å²) >= 11 is 2.32. The molecule has 7 heteroatoms. The van der Waals surface area contributed by atoms with Crippen LogP contribution in [-0.2, 0) is 16.1 Å². The highest BCUT2D eigenvalue weighted by molar-refractivity contribution is 8.14. The zero-order valence-corrected chi connectivity index (χ0v) is 14.5. The summed E-state index contributed by atoms with van der Waals surface area (Å²) in [4.78, 5) is 27.5. The summed E-state index contributed by atoms with van der Waals surface area (Å²) in [6.07, 6.45) is 5.42. The fourth-order valence-corrected chi connectivity index (χ4v) is 3.41. The van der Waals surface area contributed by atoms with Gasteiger partial charge in [-0.2, -0.15) is 4.99 Å². The Labute approximate surface area is 142 Å². The number of benzene rings is 1. The normalized spacial score (nSPS) is 11.4. The molecule has 23 heavy (non-hydrogen) atoms. The molecule has 1 amide bonds. The lowest BCUT2D eigenvalue weighted by atomic mass is 10.3. The molecule has 0 atom stereocenters. The van der Waals surface area contributed by atoms with Crippen molar-refractivity contribution in [1.29, 1.82) is 0 Å². The molecule has 0 bridgehead atoms. The van der Waals surface area contributed by atoms with Crippen molar-refractivity contribution in [3.63, 3.8) is 0 Å². The van der Waals surface area contributed by atoms with E-state index in [-0.39, 0.29) is 16.8 Å². The Bertz CT molecular complexity index is 843. The van der Waals surface area contributed by atoms with Gasteiger partial charge < -0.3 is 9.30 Å². The maximum absolute atomic E-state index is 11.9. The molecule has 0 aliphatic carbocycles. The molecule has 120 valence electrons. The molecular formula is C16H16N2O3S2. The molecular weight excluding hydrogens is 332 g/mol. The van der Waals surface area contributed by atoms with E-state index in [1.165, 1.54) is 18.3 Å². The molecule has 0 N–H and O–H groups in total. The summed E-state index contributed by atoms with van der Waals surface area (Å²) in [5.74, 6) is 3.01. The monoisotopic (exact) mass is 348 g/mol. The van der Waals surface area contributed by atoms with Crippen molar-refractivity contribution in [3.05, 3.63) is 23.0 Å². The van der Waals surface area contributed by atoms with Gasteiger partial charge in [0.15, 0.2) is 9.92 Å². The summed E-state index contributed by atoms with van der Waals surface area (Å²) in [6, 6.07) is 5.68. The van der Waals surface area contributed by atoms with Crippen LogP contribution in [0.15, 0.2) is 23.2 Å². The van der Waals surface area contributed by atoms with E-state index in [2.05, 4.69) is 10.9 Å². The second-order valence-electron chi connectivity index (χ2n) is 4.52. The maximum atomic E-state index is 11.9. The van der Waals surface area contributed by atoms with Gasteiger partial charge in [-0.1, -0.05) is 29.0 Å². The van der Waals surface area contributed by atoms with Crippen molar-refractivity contribution >= 4 is 44.3 Å². The smallest absolute Gasteiger partial charge is 0.258 e. The summed E-state index contributed by atoms with van der Waals surface area (Å²) in [7, 11) is 0. The third kappa shape index (κ3) is 4.47.